The summed E-state index contributed by atoms with van der Waals surface area (Å²) >= 11 is 1.69. The van der Waals surface area contributed by atoms with E-state index in [1.54, 1.807) is 11.3 Å². The largest absolute Gasteiger partial charge is 0.493 e. The molecule has 0 amide bonds. The van der Waals surface area contributed by atoms with Gasteiger partial charge < -0.3 is 10.1 Å². The van der Waals surface area contributed by atoms with E-state index in [-0.39, 0.29) is 0 Å². The highest BCUT2D eigenvalue weighted by atomic mass is 32.1. The van der Waals surface area contributed by atoms with Crippen molar-refractivity contribution in [2.75, 3.05) is 19.7 Å². The van der Waals surface area contributed by atoms with Gasteiger partial charge in [-0.15, -0.1) is 21.5 Å². The van der Waals surface area contributed by atoms with Crippen LogP contribution in [0.5, 0.6) is 5.75 Å². The first kappa shape index (κ1) is 15.9. The topological polar surface area (TPSA) is 47.0 Å². The van der Waals surface area contributed by atoms with Crippen molar-refractivity contribution >= 4 is 11.3 Å². The first-order chi connectivity index (χ1) is 10.3. The number of hydrogen-bond donors (Lipinski definition) is 1. The van der Waals surface area contributed by atoms with Crippen LogP contribution in [-0.4, -0.2) is 29.9 Å². The lowest BCUT2D eigenvalue weighted by Gasteiger charge is -2.04. The smallest absolute Gasteiger partial charge is 0.120 e. The molecule has 1 N–H and O–H groups in total. The zero-order valence-electron chi connectivity index (χ0n) is 12.8. The van der Waals surface area contributed by atoms with Crippen LogP contribution >= 0.6 is 11.3 Å². The first-order valence-corrected chi connectivity index (χ1v) is 8.31. The van der Waals surface area contributed by atoms with Crippen molar-refractivity contribution in [3.05, 3.63) is 39.8 Å². The molecule has 0 saturated carbocycles. The molecule has 4 nitrogen and oxygen atoms in total. The van der Waals surface area contributed by atoms with Crippen LogP contribution in [0.15, 0.2) is 24.3 Å². The van der Waals surface area contributed by atoms with Gasteiger partial charge in [0.05, 0.1) is 6.61 Å². The molecule has 0 unspecified atom stereocenters. The van der Waals surface area contributed by atoms with E-state index < -0.39 is 0 Å². The lowest BCUT2D eigenvalue weighted by atomic mass is 10.2. The van der Waals surface area contributed by atoms with Crippen LogP contribution in [-0.2, 0) is 12.8 Å². The minimum atomic E-state index is 0.645. The Labute approximate surface area is 130 Å². The van der Waals surface area contributed by atoms with Gasteiger partial charge in [0, 0.05) is 19.4 Å². The summed E-state index contributed by atoms with van der Waals surface area (Å²) in [4.78, 5) is 0. The summed E-state index contributed by atoms with van der Waals surface area (Å²) in [5.74, 6) is 0.920. The quantitative estimate of drug-likeness (QED) is 0.724. The molecular weight excluding hydrogens is 282 g/mol. The van der Waals surface area contributed by atoms with Crippen molar-refractivity contribution in [1.29, 1.82) is 0 Å². The SMILES string of the molecule is CCCNCCc1nnc(CCOc2cccc(C)c2)s1. The monoisotopic (exact) mass is 305 g/mol. The molecule has 0 saturated heterocycles. The molecule has 2 aromatic rings. The maximum absolute atomic E-state index is 5.74. The molecule has 0 bridgehead atoms. The number of ether oxygens (including phenoxy) is 1. The Hall–Kier alpha value is -1.46. The first-order valence-electron chi connectivity index (χ1n) is 7.49. The van der Waals surface area contributed by atoms with Crippen molar-refractivity contribution in [2.45, 2.75) is 33.1 Å². The van der Waals surface area contributed by atoms with E-state index in [2.05, 4.69) is 35.4 Å². The summed E-state index contributed by atoms with van der Waals surface area (Å²) in [6.07, 6.45) is 2.93. The second-order valence-corrected chi connectivity index (χ2v) is 6.15. The Bertz CT molecular complexity index is 542. The predicted molar refractivity (Wildman–Crippen MR) is 87.2 cm³/mol. The highest BCUT2D eigenvalue weighted by Gasteiger charge is 2.04. The van der Waals surface area contributed by atoms with Gasteiger partial charge in [-0.3, -0.25) is 0 Å². The molecule has 2 rings (SSSR count). The second kappa shape index (κ2) is 8.74. The molecule has 1 aromatic carbocycles. The van der Waals surface area contributed by atoms with Crippen molar-refractivity contribution in [2.24, 2.45) is 0 Å². The lowest BCUT2D eigenvalue weighted by Crippen LogP contribution is -2.17. The Kier molecular flexibility index (Phi) is 6.63. The van der Waals surface area contributed by atoms with Crippen LogP contribution in [0.1, 0.15) is 28.9 Å². The summed E-state index contributed by atoms with van der Waals surface area (Å²) in [5, 5.41) is 14.0. The normalized spacial score (nSPS) is 10.8. The molecule has 1 heterocycles. The molecule has 0 radical (unpaired) electrons. The van der Waals surface area contributed by atoms with Crippen LogP contribution in [0.25, 0.3) is 0 Å². The fraction of sp³-hybridized carbons (Fsp3) is 0.500. The molecule has 1 aromatic heterocycles. The Morgan fingerprint density at radius 1 is 1.14 bits per heavy atom. The Balaban J connectivity index is 1.70. The molecule has 0 spiro atoms. The van der Waals surface area contributed by atoms with E-state index in [1.165, 1.54) is 5.56 Å². The van der Waals surface area contributed by atoms with Crippen molar-refractivity contribution in [3.8, 4) is 5.75 Å². The highest BCUT2D eigenvalue weighted by molar-refractivity contribution is 7.11. The Morgan fingerprint density at radius 3 is 2.71 bits per heavy atom. The number of benzene rings is 1. The summed E-state index contributed by atoms with van der Waals surface area (Å²) in [7, 11) is 0. The summed E-state index contributed by atoms with van der Waals surface area (Å²) in [6, 6.07) is 8.11. The fourth-order valence-corrected chi connectivity index (χ4v) is 2.77. The van der Waals surface area contributed by atoms with Gasteiger partial charge in [-0.1, -0.05) is 19.1 Å². The number of nitrogens with zero attached hydrogens (tertiary/aromatic N) is 2. The van der Waals surface area contributed by atoms with Crippen LogP contribution < -0.4 is 10.1 Å². The van der Waals surface area contributed by atoms with Gasteiger partial charge >= 0.3 is 0 Å². The number of nitrogens with one attached hydrogen (secondary N) is 1. The third kappa shape index (κ3) is 5.81. The predicted octanol–water partition coefficient (Wildman–Crippen LogP) is 3.01. The maximum Gasteiger partial charge on any atom is 0.120 e. The zero-order chi connectivity index (χ0) is 14.9. The lowest BCUT2D eigenvalue weighted by molar-refractivity contribution is 0.321. The average molecular weight is 305 g/mol. The molecular formula is C16H23N3OS. The summed E-state index contributed by atoms with van der Waals surface area (Å²) < 4.78 is 5.74. The van der Waals surface area contributed by atoms with Gasteiger partial charge in [-0.2, -0.15) is 0 Å². The van der Waals surface area contributed by atoms with E-state index in [4.69, 9.17) is 4.74 Å². The minimum Gasteiger partial charge on any atom is -0.493 e. The molecule has 114 valence electrons. The van der Waals surface area contributed by atoms with E-state index in [9.17, 15) is 0 Å². The zero-order valence-corrected chi connectivity index (χ0v) is 13.6. The standard InChI is InChI=1S/C16H23N3OS/c1-3-9-17-10-7-15-18-19-16(21-15)8-11-20-14-6-4-5-13(2)12-14/h4-6,12,17H,3,7-11H2,1-2H3. The summed E-state index contributed by atoms with van der Waals surface area (Å²) in [6.45, 7) is 6.92. The molecule has 0 aliphatic carbocycles. The number of rotatable bonds is 9. The maximum atomic E-state index is 5.74. The van der Waals surface area contributed by atoms with Gasteiger partial charge in [0.25, 0.3) is 0 Å². The fourth-order valence-electron chi connectivity index (χ4n) is 1.95. The number of hydrogen-bond acceptors (Lipinski definition) is 5. The van der Waals surface area contributed by atoms with Crippen molar-refractivity contribution in [3.63, 3.8) is 0 Å². The number of aryl methyl sites for hydroxylation is 1. The van der Waals surface area contributed by atoms with Gasteiger partial charge in [0.15, 0.2) is 0 Å². The van der Waals surface area contributed by atoms with Gasteiger partial charge in [-0.25, -0.2) is 0 Å². The van der Waals surface area contributed by atoms with Gasteiger partial charge in [-0.05, 0) is 37.6 Å². The van der Waals surface area contributed by atoms with Gasteiger partial charge in [0.2, 0.25) is 0 Å². The average Bonchev–Trinajstić information content (AvgIpc) is 2.92. The van der Waals surface area contributed by atoms with Crippen LogP contribution in [0, 0.1) is 6.92 Å². The Morgan fingerprint density at radius 2 is 1.95 bits per heavy atom. The van der Waals surface area contributed by atoms with E-state index in [0.717, 1.165) is 48.1 Å². The van der Waals surface area contributed by atoms with Crippen LogP contribution in [0.2, 0.25) is 0 Å². The molecule has 0 aliphatic rings. The third-order valence-corrected chi connectivity index (χ3v) is 4.07. The molecule has 21 heavy (non-hydrogen) atoms. The van der Waals surface area contributed by atoms with E-state index in [0.29, 0.717) is 6.61 Å². The molecule has 0 aliphatic heterocycles. The molecule has 5 heteroatoms. The molecule has 0 atom stereocenters. The van der Waals surface area contributed by atoms with Crippen molar-refractivity contribution in [1.82, 2.24) is 15.5 Å². The number of aromatic nitrogens is 2. The minimum absolute atomic E-state index is 0.645. The van der Waals surface area contributed by atoms with E-state index >= 15 is 0 Å². The third-order valence-electron chi connectivity index (χ3n) is 3.03. The second-order valence-electron chi connectivity index (χ2n) is 5.00. The van der Waals surface area contributed by atoms with Crippen LogP contribution in [0.4, 0.5) is 0 Å². The summed E-state index contributed by atoms with van der Waals surface area (Å²) in [5.41, 5.74) is 1.21. The van der Waals surface area contributed by atoms with Gasteiger partial charge in [0.1, 0.15) is 15.8 Å². The van der Waals surface area contributed by atoms with Crippen molar-refractivity contribution < 1.29 is 4.74 Å². The van der Waals surface area contributed by atoms with Crippen LogP contribution in [0.3, 0.4) is 0 Å². The van der Waals surface area contributed by atoms with E-state index in [1.807, 2.05) is 18.2 Å². The molecule has 0 fully saturated rings. The highest BCUT2D eigenvalue weighted by Crippen LogP contribution is 2.14.